The van der Waals surface area contributed by atoms with Crippen molar-refractivity contribution in [3.8, 4) is 0 Å². The number of ether oxygens (including phenoxy) is 4. The van der Waals surface area contributed by atoms with Crippen LogP contribution in [0.25, 0.3) is 0 Å². The normalized spacial score (nSPS) is 14.2. The van der Waals surface area contributed by atoms with E-state index in [0.717, 1.165) is 108 Å². The van der Waals surface area contributed by atoms with Crippen LogP contribution in [0.3, 0.4) is 0 Å². The van der Waals surface area contributed by atoms with E-state index in [1.165, 1.54) is 161 Å². The van der Waals surface area contributed by atoms with Gasteiger partial charge in [-0.3, -0.25) is 37.3 Å². The molecular weight excluding hydrogens is 1160 g/mol. The Labute approximate surface area is 537 Å². The van der Waals surface area contributed by atoms with Crippen molar-refractivity contribution in [1.29, 1.82) is 0 Å². The summed E-state index contributed by atoms with van der Waals surface area (Å²) in [5.74, 6) is -0.609. The average Bonchev–Trinajstić information content (AvgIpc) is 3.59. The molecule has 5 atom stereocenters. The minimum absolute atomic E-state index is 0.104. The third-order valence-corrected chi connectivity index (χ3v) is 17.9. The van der Waals surface area contributed by atoms with Crippen LogP contribution in [-0.2, 0) is 65.4 Å². The van der Waals surface area contributed by atoms with Gasteiger partial charge in [-0.2, -0.15) is 0 Å². The van der Waals surface area contributed by atoms with Crippen molar-refractivity contribution in [3.05, 3.63) is 0 Å². The van der Waals surface area contributed by atoms with Gasteiger partial charge in [-0.05, 0) is 37.5 Å². The highest BCUT2D eigenvalue weighted by molar-refractivity contribution is 7.47. The molecule has 3 N–H and O–H groups in total. The van der Waals surface area contributed by atoms with Crippen LogP contribution >= 0.6 is 15.6 Å². The van der Waals surface area contributed by atoms with Crippen LogP contribution < -0.4 is 0 Å². The molecule has 19 heteroatoms. The molecule has 17 nitrogen and oxygen atoms in total. The van der Waals surface area contributed by atoms with E-state index >= 15 is 0 Å². The molecule has 0 amide bonds. The van der Waals surface area contributed by atoms with E-state index in [-0.39, 0.29) is 25.7 Å². The van der Waals surface area contributed by atoms with Crippen LogP contribution in [0, 0.1) is 11.8 Å². The van der Waals surface area contributed by atoms with Gasteiger partial charge in [-0.15, -0.1) is 0 Å². The third kappa shape index (κ3) is 62.8. The number of rotatable bonds is 68. The van der Waals surface area contributed by atoms with Crippen LogP contribution in [0.4, 0.5) is 0 Å². The Kier molecular flexibility index (Phi) is 59.9. The molecule has 0 bridgehead atoms. The zero-order valence-corrected chi connectivity index (χ0v) is 58.8. The van der Waals surface area contributed by atoms with Gasteiger partial charge in [0, 0.05) is 25.7 Å². The maximum absolute atomic E-state index is 13.0. The number of phosphoric ester groups is 2. The predicted molar refractivity (Wildman–Crippen MR) is 354 cm³/mol. The lowest BCUT2D eigenvalue weighted by molar-refractivity contribution is -0.161. The molecule has 0 aromatic carbocycles. The van der Waals surface area contributed by atoms with Crippen LogP contribution in [0.2, 0.25) is 0 Å². The molecule has 0 rings (SSSR count). The number of esters is 4. The highest BCUT2D eigenvalue weighted by Crippen LogP contribution is 2.45. The first-order valence-electron chi connectivity index (χ1n) is 36.0. The summed E-state index contributed by atoms with van der Waals surface area (Å²) in [5.41, 5.74) is 0. The Morgan fingerprint density at radius 2 is 0.523 bits per heavy atom. The van der Waals surface area contributed by atoms with Gasteiger partial charge in [0.25, 0.3) is 0 Å². The molecule has 0 aliphatic carbocycles. The Bertz CT molecular complexity index is 1720. The third-order valence-electron chi connectivity index (χ3n) is 16.0. The summed E-state index contributed by atoms with van der Waals surface area (Å²) >= 11 is 0. The monoisotopic (exact) mass is 1300 g/mol. The first-order chi connectivity index (χ1) is 42.4. The number of phosphoric acid groups is 2. The minimum Gasteiger partial charge on any atom is -0.462 e. The van der Waals surface area contributed by atoms with E-state index in [1.807, 2.05) is 0 Å². The smallest absolute Gasteiger partial charge is 0.462 e. The Balaban J connectivity index is 5.14. The van der Waals surface area contributed by atoms with Crippen molar-refractivity contribution >= 4 is 39.5 Å². The minimum atomic E-state index is -4.95. The highest BCUT2D eigenvalue weighted by Gasteiger charge is 2.30. The highest BCUT2D eigenvalue weighted by atomic mass is 31.2. The Morgan fingerprint density at radius 1 is 0.307 bits per heavy atom. The summed E-state index contributed by atoms with van der Waals surface area (Å²) in [6.07, 6.45) is 46.3. The quantitative estimate of drug-likeness (QED) is 0.0222. The van der Waals surface area contributed by atoms with E-state index in [2.05, 4.69) is 41.5 Å². The SMILES string of the molecule is CCCCCCCCCCCCCCCC(=O)OC[C@H](COP(=O)(O)OC[C@@H](O)COP(=O)(O)OC[C@@H](COC(=O)CCCCCCC)OC(=O)CCCCCCCCCCC(C)C)OC(=O)CCCCCCCCCCCCCCCCCCC(C)C. The summed E-state index contributed by atoms with van der Waals surface area (Å²) in [6.45, 7) is 9.44. The molecule has 2 unspecified atom stereocenters. The van der Waals surface area contributed by atoms with Crippen LogP contribution in [0.1, 0.15) is 350 Å². The zero-order valence-electron chi connectivity index (χ0n) is 57.0. The van der Waals surface area contributed by atoms with E-state index < -0.39 is 97.5 Å². The molecule has 0 aliphatic heterocycles. The second-order valence-corrected chi connectivity index (χ2v) is 28.8. The topological polar surface area (TPSA) is 237 Å². The molecule has 0 heterocycles. The number of carbonyl (C=O) groups excluding carboxylic acids is 4. The molecule has 522 valence electrons. The van der Waals surface area contributed by atoms with Gasteiger partial charge in [0.2, 0.25) is 0 Å². The fourth-order valence-electron chi connectivity index (χ4n) is 10.4. The van der Waals surface area contributed by atoms with Crippen LogP contribution in [-0.4, -0.2) is 96.7 Å². The summed E-state index contributed by atoms with van der Waals surface area (Å²) < 4.78 is 68.0. The molecule has 0 aromatic heterocycles. The van der Waals surface area contributed by atoms with Gasteiger partial charge in [-0.1, -0.05) is 298 Å². The fourth-order valence-corrected chi connectivity index (χ4v) is 12.0. The van der Waals surface area contributed by atoms with Gasteiger partial charge >= 0.3 is 39.5 Å². The summed E-state index contributed by atoms with van der Waals surface area (Å²) in [7, 11) is -9.89. The van der Waals surface area contributed by atoms with E-state index in [0.29, 0.717) is 25.7 Å². The lowest BCUT2D eigenvalue weighted by Crippen LogP contribution is -2.30. The Hall–Kier alpha value is -1.94. The van der Waals surface area contributed by atoms with Crippen LogP contribution in [0.5, 0.6) is 0 Å². The standard InChI is InChI=1S/C69H134O17P2/c1-7-9-11-13-14-15-16-21-25-28-34-40-46-52-67(72)80-58-65(86-68(73)53-47-41-35-29-26-23-20-18-17-19-22-24-27-32-38-43-49-61(3)4)60-84-88(77,78)82-56-63(70)55-81-87(75,76)83-59-64(57-79-66(71)51-45-37-12-10-8-2)85-69(74)54-48-42-36-31-30-33-39-44-50-62(5)6/h61-65,70H,7-60H2,1-6H3,(H,75,76)(H,77,78)/t63-,64+,65+/m0/s1. The first kappa shape index (κ1) is 86.1. The van der Waals surface area contributed by atoms with Crippen LogP contribution in [0.15, 0.2) is 0 Å². The van der Waals surface area contributed by atoms with Crippen molar-refractivity contribution in [2.45, 2.75) is 368 Å². The number of carbonyl (C=O) groups is 4. The van der Waals surface area contributed by atoms with Gasteiger partial charge in [0.1, 0.15) is 19.3 Å². The van der Waals surface area contributed by atoms with E-state index in [9.17, 15) is 43.2 Å². The second-order valence-electron chi connectivity index (χ2n) is 25.9. The number of aliphatic hydroxyl groups excluding tert-OH is 1. The summed E-state index contributed by atoms with van der Waals surface area (Å²) in [5, 5.41) is 10.5. The first-order valence-corrected chi connectivity index (χ1v) is 39.0. The average molecular weight is 1300 g/mol. The van der Waals surface area contributed by atoms with E-state index in [1.54, 1.807) is 0 Å². The summed E-state index contributed by atoms with van der Waals surface area (Å²) in [4.78, 5) is 72.2. The van der Waals surface area contributed by atoms with Crippen molar-refractivity contribution in [2.75, 3.05) is 39.6 Å². The lowest BCUT2D eigenvalue weighted by Gasteiger charge is -2.21. The lowest BCUT2D eigenvalue weighted by atomic mass is 10.0. The maximum atomic E-state index is 13.0. The largest absolute Gasteiger partial charge is 0.472 e. The zero-order chi connectivity index (χ0) is 65.0. The molecule has 0 saturated carbocycles. The molecule has 0 spiro atoms. The van der Waals surface area contributed by atoms with Crippen molar-refractivity contribution < 1.29 is 80.2 Å². The van der Waals surface area contributed by atoms with Crippen molar-refractivity contribution in [1.82, 2.24) is 0 Å². The predicted octanol–water partition coefficient (Wildman–Crippen LogP) is 19.6. The van der Waals surface area contributed by atoms with Gasteiger partial charge in [0.15, 0.2) is 12.2 Å². The molecule has 88 heavy (non-hydrogen) atoms. The number of aliphatic hydroxyl groups is 1. The molecular formula is C69H134O17P2. The molecule has 0 saturated heterocycles. The molecule has 0 radical (unpaired) electrons. The number of unbranched alkanes of at least 4 members (excludes halogenated alkanes) is 38. The van der Waals surface area contributed by atoms with Gasteiger partial charge in [0.05, 0.1) is 26.4 Å². The molecule has 0 aliphatic rings. The van der Waals surface area contributed by atoms with Crippen molar-refractivity contribution in [2.24, 2.45) is 11.8 Å². The Morgan fingerprint density at radius 3 is 0.773 bits per heavy atom. The van der Waals surface area contributed by atoms with Gasteiger partial charge in [-0.25, -0.2) is 9.13 Å². The van der Waals surface area contributed by atoms with Gasteiger partial charge < -0.3 is 33.8 Å². The maximum Gasteiger partial charge on any atom is 0.472 e. The molecule has 0 fully saturated rings. The van der Waals surface area contributed by atoms with Crippen molar-refractivity contribution in [3.63, 3.8) is 0 Å². The van der Waals surface area contributed by atoms with E-state index in [4.69, 9.17) is 37.0 Å². The number of hydrogen-bond donors (Lipinski definition) is 3. The number of hydrogen-bond acceptors (Lipinski definition) is 15. The molecule has 0 aromatic rings. The fraction of sp³-hybridized carbons (Fsp3) is 0.942. The summed E-state index contributed by atoms with van der Waals surface area (Å²) in [6, 6.07) is 0. The second kappa shape index (κ2) is 61.3.